The van der Waals surface area contributed by atoms with Gasteiger partial charge in [-0.1, -0.05) is 12.1 Å². The van der Waals surface area contributed by atoms with Crippen LogP contribution in [0.25, 0.3) is 0 Å². The number of nitrogens with one attached hydrogen (secondary N) is 1. The van der Waals surface area contributed by atoms with Crippen LogP contribution in [0.5, 0.6) is 0 Å². The van der Waals surface area contributed by atoms with Gasteiger partial charge in [-0.15, -0.1) is 0 Å². The molecule has 0 aliphatic rings. The van der Waals surface area contributed by atoms with Crippen LogP contribution in [0.15, 0.2) is 48.5 Å². The van der Waals surface area contributed by atoms with Crippen LogP contribution in [-0.4, -0.2) is 12.0 Å². The summed E-state index contributed by atoms with van der Waals surface area (Å²) in [6.07, 6.45) is 0. The number of halogens is 2. The van der Waals surface area contributed by atoms with Crippen molar-refractivity contribution in [1.29, 1.82) is 10.5 Å². The number of nitrogens with zero attached hydrogens (tertiary/aromatic N) is 4. The maximum absolute atomic E-state index is 14.7. The highest BCUT2D eigenvalue weighted by atomic mass is 19.1. The molecule has 3 rings (SSSR count). The molecule has 0 aliphatic heterocycles. The first kappa shape index (κ1) is 18.8. The minimum Gasteiger partial charge on any atom is -0.338 e. The standard InChI is InChI=1S/C21H15F2N5/c1-13-18(22)20(26-16-7-3-5-14(9-16)11-24)27-21(19(13)23)28(2)17-8-4-6-15(10-17)12-25/h3-10H,1-2H3,(H,26,27). The van der Waals surface area contributed by atoms with E-state index in [4.69, 9.17) is 10.5 Å². The minimum absolute atomic E-state index is 0.0899. The third-order valence-corrected chi connectivity index (χ3v) is 4.22. The van der Waals surface area contributed by atoms with E-state index in [0.717, 1.165) is 0 Å². The number of rotatable bonds is 4. The van der Waals surface area contributed by atoms with E-state index in [1.165, 1.54) is 11.8 Å². The topological polar surface area (TPSA) is 75.7 Å². The Bertz CT molecular complexity index is 1130. The lowest BCUT2D eigenvalue weighted by molar-refractivity contribution is 0.562. The molecule has 1 N–H and O–H groups in total. The van der Waals surface area contributed by atoms with Crippen molar-refractivity contribution in [2.24, 2.45) is 0 Å². The van der Waals surface area contributed by atoms with Gasteiger partial charge in [-0.25, -0.2) is 13.8 Å². The number of hydrogen-bond acceptors (Lipinski definition) is 5. The Labute approximate surface area is 161 Å². The number of nitriles is 2. The molecule has 0 unspecified atom stereocenters. The van der Waals surface area contributed by atoms with Crippen molar-refractivity contribution in [3.63, 3.8) is 0 Å². The summed E-state index contributed by atoms with van der Waals surface area (Å²) in [5, 5.41) is 20.9. The van der Waals surface area contributed by atoms with Gasteiger partial charge in [0.05, 0.1) is 23.3 Å². The van der Waals surface area contributed by atoms with Gasteiger partial charge < -0.3 is 10.2 Å². The number of aromatic nitrogens is 1. The fourth-order valence-corrected chi connectivity index (χ4v) is 2.66. The molecule has 138 valence electrons. The van der Waals surface area contributed by atoms with Crippen molar-refractivity contribution in [2.45, 2.75) is 6.92 Å². The summed E-state index contributed by atoms with van der Waals surface area (Å²) in [6, 6.07) is 17.1. The van der Waals surface area contributed by atoms with Gasteiger partial charge in [0.1, 0.15) is 0 Å². The smallest absolute Gasteiger partial charge is 0.172 e. The largest absolute Gasteiger partial charge is 0.338 e. The number of pyridine rings is 1. The third kappa shape index (κ3) is 3.60. The van der Waals surface area contributed by atoms with Crippen molar-refractivity contribution >= 4 is 23.0 Å². The van der Waals surface area contributed by atoms with Crippen molar-refractivity contribution in [1.82, 2.24) is 4.98 Å². The zero-order chi connectivity index (χ0) is 20.3. The predicted octanol–water partition coefficient (Wildman–Crippen LogP) is 4.92. The molecule has 28 heavy (non-hydrogen) atoms. The van der Waals surface area contributed by atoms with Crippen LogP contribution in [0.2, 0.25) is 0 Å². The normalized spacial score (nSPS) is 10.1. The van der Waals surface area contributed by atoms with Gasteiger partial charge in [-0.2, -0.15) is 10.5 Å². The molecular weight excluding hydrogens is 360 g/mol. The maximum Gasteiger partial charge on any atom is 0.172 e. The molecule has 0 spiro atoms. The molecule has 0 atom stereocenters. The maximum atomic E-state index is 14.7. The Morgan fingerprint density at radius 2 is 1.61 bits per heavy atom. The summed E-state index contributed by atoms with van der Waals surface area (Å²) in [4.78, 5) is 5.56. The third-order valence-electron chi connectivity index (χ3n) is 4.22. The summed E-state index contributed by atoms with van der Waals surface area (Å²) in [5.74, 6) is -1.86. The van der Waals surface area contributed by atoms with Crippen molar-refractivity contribution in [2.75, 3.05) is 17.3 Å². The molecule has 0 saturated carbocycles. The molecule has 5 nitrogen and oxygen atoms in total. The first-order valence-corrected chi connectivity index (χ1v) is 8.31. The second kappa shape index (κ2) is 7.73. The predicted molar refractivity (Wildman–Crippen MR) is 103 cm³/mol. The van der Waals surface area contributed by atoms with Crippen LogP contribution in [0.1, 0.15) is 16.7 Å². The highest BCUT2D eigenvalue weighted by Gasteiger charge is 2.21. The van der Waals surface area contributed by atoms with Crippen molar-refractivity contribution < 1.29 is 8.78 Å². The zero-order valence-corrected chi connectivity index (χ0v) is 15.2. The summed E-state index contributed by atoms with van der Waals surface area (Å²) in [6.45, 7) is 1.33. The molecule has 0 amide bonds. The lowest BCUT2D eigenvalue weighted by atomic mass is 10.2. The van der Waals surface area contributed by atoms with E-state index in [9.17, 15) is 8.78 Å². The van der Waals surface area contributed by atoms with E-state index < -0.39 is 11.6 Å². The van der Waals surface area contributed by atoms with Gasteiger partial charge in [-0.3, -0.25) is 0 Å². The van der Waals surface area contributed by atoms with Gasteiger partial charge >= 0.3 is 0 Å². The quantitative estimate of drug-likeness (QED) is 0.700. The van der Waals surface area contributed by atoms with Crippen LogP contribution < -0.4 is 10.2 Å². The van der Waals surface area contributed by atoms with E-state index >= 15 is 0 Å². The average Bonchev–Trinajstić information content (AvgIpc) is 2.73. The molecule has 3 aromatic rings. The molecule has 1 heterocycles. The monoisotopic (exact) mass is 375 g/mol. The van der Waals surface area contributed by atoms with E-state index in [2.05, 4.69) is 10.3 Å². The fraction of sp³-hybridized carbons (Fsp3) is 0.0952. The lowest BCUT2D eigenvalue weighted by Crippen LogP contribution is -2.16. The second-order valence-corrected chi connectivity index (χ2v) is 6.08. The molecule has 2 aromatic carbocycles. The molecule has 1 aromatic heterocycles. The Kier molecular flexibility index (Phi) is 5.19. The van der Waals surface area contributed by atoms with Crippen LogP contribution in [0, 0.1) is 41.2 Å². The van der Waals surface area contributed by atoms with Gasteiger partial charge in [0.25, 0.3) is 0 Å². The summed E-state index contributed by atoms with van der Waals surface area (Å²) < 4.78 is 29.3. The van der Waals surface area contributed by atoms with Gasteiger partial charge in [-0.05, 0) is 43.3 Å². The Morgan fingerprint density at radius 3 is 2.29 bits per heavy atom. The fourth-order valence-electron chi connectivity index (χ4n) is 2.66. The first-order chi connectivity index (χ1) is 13.4. The summed E-state index contributed by atoms with van der Waals surface area (Å²) >= 11 is 0. The van der Waals surface area contributed by atoms with Gasteiger partial charge in [0.15, 0.2) is 23.3 Å². The van der Waals surface area contributed by atoms with Crippen molar-refractivity contribution in [3.8, 4) is 12.1 Å². The molecule has 0 aliphatic carbocycles. The zero-order valence-electron chi connectivity index (χ0n) is 15.2. The number of hydrogen-bond donors (Lipinski definition) is 1. The van der Waals surface area contributed by atoms with Crippen LogP contribution in [-0.2, 0) is 0 Å². The Hall–Kier alpha value is -3.97. The Morgan fingerprint density at radius 1 is 0.964 bits per heavy atom. The van der Waals surface area contributed by atoms with Crippen molar-refractivity contribution in [3.05, 3.63) is 76.9 Å². The lowest BCUT2D eigenvalue weighted by Gasteiger charge is -2.21. The van der Waals surface area contributed by atoms with E-state index in [0.29, 0.717) is 22.5 Å². The van der Waals surface area contributed by atoms with Crippen LogP contribution >= 0.6 is 0 Å². The van der Waals surface area contributed by atoms with Crippen LogP contribution in [0.3, 0.4) is 0 Å². The summed E-state index contributed by atoms with van der Waals surface area (Å²) in [7, 11) is 1.58. The SMILES string of the molecule is Cc1c(F)c(Nc2cccc(C#N)c2)nc(N(C)c2cccc(C#N)c2)c1F. The number of benzene rings is 2. The van der Waals surface area contributed by atoms with E-state index in [-0.39, 0.29) is 17.2 Å². The van der Waals surface area contributed by atoms with Gasteiger partial charge in [0.2, 0.25) is 0 Å². The van der Waals surface area contributed by atoms with Gasteiger partial charge in [0, 0.05) is 24.0 Å². The average molecular weight is 375 g/mol. The Balaban J connectivity index is 2.05. The molecule has 7 heteroatoms. The first-order valence-electron chi connectivity index (χ1n) is 8.31. The molecule has 0 radical (unpaired) electrons. The second-order valence-electron chi connectivity index (χ2n) is 6.08. The number of anilines is 4. The molecule has 0 fully saturated rings. The summed E-state index contributed by atoms with van der Waals surface area (Å²) in [5.41, 5.74) is 1.61. The highest BCUT2D eigenvalue weighted by molar-refractivity contribution is 5.67. The van der Waals surface area contributed by atoms with E-state index in [1.807, 2.05) is 12.1 Å². The molecular formula is C21H15F2N5. The highest BCUT2D eigenvalue weighted by Crippen LogP contribution is 2.31. The van der Waals surface area contributed by atoms with E-state index in [1.54, 1.807) is 55.6 Å². The molecule has 0 bridgehead atoms. The van der Waals surface area contributed by atoms with Crippen LogP contribution in [0.4, 0.5) is 31.8 Å². The minimum atomic E-state index is -0.817. The molecule has 0 saturated heterocycles.